The van der Waals surface area contributed by atoms with E-state index in [4.69, 9.17) is 8.85 Å². The maximum absolute atomic E-state index is 13.4. The SMILES string of the molecule is C=C(C)C(=O)OCCC[Si](C)(C)O[Si](C)(C)[Si](=O)[Si](=O)[Si](=O)[Si](=O)[Si](=O)[Si](=O)[Si](=O)[Si](=O)[Si](=O)[Si](=O)[Si](=O)[Si](=O)[Si](=O)[Si](=O)[Si](=O)[Si](=O)[Si](=O)[Si](=O)[Si](=O)[Si](=O)[Si](=O)[Si](=O)[Si](=O)[Si](=O)[Si](=O)[Si](=O)[Si](=O)[Si](=O)[Si](=O)[Si](=O)[Si](=O)[Si](=O)[Si](=O)[Si](=O)[SiH]=O. The molecule has 0 bridgehead atoms. The third-order valence-corrected chi connectivity index (χ3v) is 292. The molecule has 0 aromatic rings. The van der Waals surface area contributed by atoms with Crippen molar-refractivity contribution in [2.45, 2.75) is 45.6 Å². The smallest absolute Gasteiger partial charge is 0.381 e. The topological polar surface area (TPSA) is 633 Å². The number of carbonyl (C=O) groups is 1. The summed E-state index contributed by atoms with van der Waals surface area (Å²) in [5.41, 5.74) is 0.132. The number of hydrogen-bond donors (Lipinski definition) is 0. The Kier molecular flexibility index (Phi) is 38.0. The van der Waals surface area contributed by atoms with Crippen LogP contribution in [0.1, 0.15) is 13.3 Å². The molecule has 0 saturated heterocycles. The molecule has 0 aliphatic heterocycles. The molecule has 38 nitrogen and oxygen atoms in total. The van der Waals surface area contributed by atoms with E-state index in [2.05, 4.69) is 6.58 Å². The maximum atomic E-state index is 13.4. The molecule has 0 amide bonds. The monoisotopic (exact) mass is 1800 g/mol. The molecule has 0 unspecified atom stereocenters. The van der Waals surface area contributed by atoms with Gasteiger partial charge in [-0.05, 0) is 45.6 Å². The van der Waals surface area contributed by atoms with E-state index in [0.717, 1.165) is 0 Å². The Balaban J connectivity index is 5.93. The summed E-state index contributed by atoms with van der Waals surface area (Å²) < 4.78 is 454. The molecule has 86 heavy (non-hydrogen) atoms. The lowest BCUT2D eigenvalue weighted by Gasteiger charge is -2.32. The lowest BCUT2D eigenvalue weighted by molar-refractivity contribution is -0.138. The van der Waals surface area contributed by atoms with Gasteiger partial charge in [0, 0.05) is 5.57 Å². The molecule has 0 atom stereocenters. The lowest BCUT2D eigenvalue weighted by Crippen LogP contribution is -2.60. The van der Waals surface area contributed by atoms with E-state index in [1.165, 1.54) is 20.0 Å². The number of esters is 1. The third-order valence-electron chi connectivity index (χ3n) is 9.51. The Morgan fingerprint density at radius 1 is 0.326 bits per heavy atom. The van der Waals surface area contributed by atoms with Gasteiger partial charge in [0.05, 0.1) is 6.61 Å². The van der Waals surface area contributed by atoms with Crippen molar-refractivity contribution in [2.75, 3.05) is 6.61 Å². The van der Waals surface area contributed by atoms with Gasteiger partial charge in [-0.25, -0.2) is 4.79 Å². The predicted octanol–water partition coefficient (Wildman–Crippen LogP) is -14.8. The number of ether oxygens (including phenoxy) is 1. The lowest BCUT2D eigenvalue weighted by atomic mass is 10.4. The van der Waals surface area contributed by atoms with Crippen molar-refractivity contribution in [3.63, 3.8) is 0 Å². The average molecular weight is 1800 g/mol. The summed E-state index contributed by atoms with van der Waals surface area (Å²) in [6.45, 7) is 10.7. The first kappa shape index (κ1) is 86.2. The van der Waals surface area contributed by atoms with Crippen LogP contribution in [0.2, 0.25) is 32.2 Å². The van der Waals surface area contributed by atoms with Gasteiger partial charge in [-0.3, -0.25) is 0 Å². The molecule has 0 fully saturated rings. The first-order chi connectivity index (χ1) is 39.1. The second-order valence-electron chi connectivity index (χ2n) is 16.7. The third kappa shape index (κ3) is 23.3. The van der Waals surface area contributed by atoms with Crippen LogP contribution in [-0.2, 0) is 170 Å². The van der Waals surface area contributed by atoms with Crippen LogP contribution in [0.4, 0.5) is 0 Å². The summed E-state index contributed by atoms with van der Waals surface area (Å²) in [5.74, 6) is -0.663. The molecule has 0 spiro atoms. The van der Waals surface area contributed by atoms with E-state index in [0.29, 0.717) is 6.04 Å². The fourth-order valence-corrected chi connectivity index (χ4v) is 427. The van der Waals surface area contributed by atoms with Crippen LogP contribution in [-0.4, -0.2) is 300 Å². The quantitative estimate of drug-likeness (QED) is 0.0237. The summed E-state index contributed by atoms with van der Waals surface area (Å²) in [7, 11) is -163. The highest BCUT2D eigenvalue weighted by atomic mass is 30.1. The van der Waals surface area contributed by atoms with E-state index in [9.17, 15) is 161 Å². The van der Waals surface area contributed by atoms with Crippen LogP contribution >= 0.6 is 0 Å². The molecule has 0 aromatic heterocycles. The van der Waals surface area contributed by atoms with Crippen molar-refractivity contribution in [3.05, 3.63) is 12.2 Å². The van der Waals surface area contributed by atoms with E-state index in [1.807, 2.05) is 0 Å². The molecule has 0 aromatic carbocycles. The van der Waals surface area contributed by atoms with Crippen molar-refractivity contribution >= 4 is 293 Å². The van der Waals surface area contributed by atoms with Crippen LogP contribution in [0.3, 0.4) is 0 Å². The van der Waals surface area contributed by atoms with Crippen molar-refractivity contribution < 1.29 is 170 Å². The van der Waals surface area contributed by atoms with Crippen molar-refractivity contribution in [1.29, 1.82) is 0 Å². The fraction of sp³-hybridized carbons (Fsp3) is 0.727. The van der Waals surface area contributed by atoms with Gasteiger partial charge in [-0.1, -0.05) is 6.58 Å². The summed E-state index contributed by atoms with van der Waals surface area (Å²) in [5, 5.41) is 0. The number of carbonyl (C=O) groups excluding carboxylic acids is 1. The zero-order chi connectivity index (χ0) is 68.0. The van der Waals surface area contributed by atoms with E-state index >= 15 is 0 Å². The van der Waals surface area contributed by atoms with Gasteiger partial charge in [0.1, 0.15) is 0 Å². The van der Waals surface area contributed by atoms with Gasteiger partial charge in [-0.15, -0.1) is 0 Å². The highest BCUT2D eigenvalue weighted by Crippen LogP contribution is 2.20. The second kappa shape index (κ2) is 37.9. The number of rotatable bonds is 42. The molecule has 444 valence electrons. The minimum absolute atomic E-state index is 0.0490. The highest BCUT2D eigenvalue weighted by molar-refractivity contribution is 7.85. The Hall–Kier alpha value is 0.195. The zero-order valence-corrected chi connectivity index (χ0v) is 80.1. The minimum Gasteiger partial charge on any atom is -0.462 e. The van der Waals surface area contributed by atoms with Gasteiger partial charge in [0.2, 0.25) is 7.83 Å². The summed E-state index contributed by atoms with van der Waals surface area (Å²) in [6, 6.07) is 0.299. The largest absolute Gasteiger partial charge is 0.462 e. The van der Waals surface area contributed by atoms with Crippen molar-refractivity contribution in [1.82, 2.24) is 0 Å². The van der Waals surface area contributed by atoms with Crippen LogP contribution in [0, 0.1) is 0 Å². The molecular weight excluding hydrogens is 1780 g/mol. The van der Waals surface area contributed by atoms with Gasteiger partial charge < -0.3 is 165 Å². The Morgan fingerprint density at radius 3 is 0.674 bits per heavy atom. The van der Waals surface area contributed by atoms with Crippen molar-refractivity contribution in [2.24, 2.45) is 0 Å². The molecule has 0 N–H and O–H groups in total. The normalized spacial score (nSPS) is 10.4. The Bertz CT molecular complexity index is 3690. The summed E-state index contributed by atoms with van der Waals surface area (Å²) >= 11 is 0. The van der Waals surface area contributed by atoms with Crippen molar-refractivity contribution in [3.8, 4) is 0 Å². The maximum Gasteiger partial charge on any atom is 0.381 e. The molecule has 0 saturated carbocycles. The van der Waals surface area contributed by atoms with Crippen LogP contribution < -0.4 is 0 Å². The second-order valence-corrected chi connectivity index (χ2v) is 196. The first-order valence-corrected chi connectivity index (χ1v) is 112. The van der Waals surface area contributed by atoms with E-state index in [1.54, 1.807) is 13.1 Å². The van der Waals surface area contributed by atoms with Crippen LogP contribution in [0.5, 0.6) is 0 Å². The first-order valence-electron chi connectivity index (χ1n) is 21.5. The van der Waals surface area contributed by atoms with Crippen LogP contribution in [0.25, 0.3) is 0 Å². The average Bonchev–Trinajstić information content (AvgIpc) is 1.80. The minimum atomic E-state index is -4.81. The van der Waals surface area contributed by atoms with Crippen LogP contribution in [0.15, 0.2) is 12.2 Å². The molecular formula is C11H24O38Si37. The van der Waals surface area contributed by atoms with E-state index in [-0.39, 0.29) is 18.6 Å². The summed E-state index contributed by atoms with van der Waals surface area (Å²) in [6.07, 6.45) is 0.269. The summed E-state index contributed by atoms with van der Waals surface area (Å²) in [4.78, 5) is 11.6. The van der Waals surface area contributed by atoms with Gasteiger partial charge >= 0.3 is 277 Å². The fourth-order valence-electron chi connectivity index (χ4n) is 5.21. The Morgan fingerprint density at radius 2 is 0.500 bits per heavy atom. The molecule has 0 rings (SSSR count). The molecule has 0 aliphatic rings. The van der Waals surface area contributed by atoms with E-state index < -0.39 is 293 Å². The molecule has 0 aliphatic carbocycles. The standard InChI is InChI=1S/C11H24O38Si37/c1-10(2)11(12)48-8-7-9-85(3,4)49-86(5,6)84(47)83(46)82(45)81(44)80(43)79(42)78(41)77(40)76(39)75(38)74(37)73(36)72(35)71(34)70(33)69(32)68(31)67(30)66(29)65(28)64(27)63(26)62(25)61(24)60(23)59(22)58(21)57(20)56(19)55(18)54(17)53(16)52(15)51(14)50-13/h50H,1,7-9H2,2-6H3. The molecule has 75 heteroatoms. The highest BCUT2D eigenvalue weighted by Gasteiger charge is 2.60. The molecule has 0 radical (unpaired) electrons. The van der Waals surface area contributed by atoms with Gasteiger partial charge in [0.25, 0.3) is 0 Å². The molecule has 0 heterocycles. The zero-order valence-electron chi connectivity index (χ0n) is 42.9. The predicted molar refractivity (Wildman–Crippen MR) is 298 cm³/mol. The van der Waals surface area contributed by atoms with Gasteiger partial charge in [0.15, 0.2) is 8.32 Å². The van der Waals surface area contributed by atoms with Gasteiger partial charge in [-0.2, -0.15) is 0 Å². The Labute approximate surface area is 521 Å². The number of hydrogen-bond acceptors (Lipinski definition) is 38.